The van der Waals surface area contributed by atoms with Gasteiger partial charge in [0.15, 0.2) is 0 Å². The van der Waals surface area contributed by atoms with Gasteiger partial charge in [0.25, 0.3) is 0 Å². The normalized spacial score (nSPS) is 12.1. The first-order valence-corrected chi connectivity index (χ1v) is 23.3. The van der Waals surface area contributed by atoms with E-state index in [1.807, 2.05) is 0 Å². The number of fused-ring (bicyclic) bond motifs is 6. The van der Waals surface area contributed by atoms with Gasteiger partial charge in [-0.25, -0.2) is 0 Å². The fourth-order valence-corrected chi connectivity index (χ4v) is 9.55. The average Bonchev–Trinajstić information content (AvgIpc) is 3.66. The van der Waals surface area contributed by atoms with Gasteiger partial charge in [-0.1, -0.05) is 181 Å². The maximum absolute atomic E-state index is 3.60. The van der Waals surface area contributed by atoms with E-state index in [9.17, 15) is 0 Å². The molecule has 0 N–H and O–H groups in total. The minimum atomic E-state index is 0.534. The smallest absolute Gasteiger partial charge is 0.0500 e. The van der Waals surface area contributed by atoms with Crippen molar-refractivity contribution < 1.29 is 0 Å². The molecular weight excluding hydrogens is 720 g/mol. The molecule has 54 heavy (non-hydrogen) atoms. The van der Waals surface area contributed by atoms with Gasteiger partial charge < -0.3 is 9.13 Å². The van der Waals surface area contributed by atoms with Gasteiger partial charge in [0, 0.05) is 61.5 Å². The first-order valence-electron chi connectivity index (χ1n) is 22.2. The van der Waals surface area contributed by atoms with Crippen molar-refractivity contribution in [1.82, 2.24) is 9.13 Å². The van der Waals surface area contributed by atoms with Crippen LogP contribution in [0.4, 0.5) is 0 Å². The van der Waals surface area contributed by atoms with Crippen LogP contribution in [0.15, 0.2) is 72.8 Å². The standard InChI is InChI=1S/C51H69BrN2/c1-5-7-9-11-15-19-23-43(24-20-16-12-10-8-6-2)54-50-36-40(4)26-30-46(50)47-32-28-42(38-51(47)54)41-27-31-45-44-29-25-39(3)35-48(44)53(49(45)37-41)34-22-18-14-13-17-21-33-52/h25-32,35-38,43H,5-24,33-34H2,1-4H3. The largest absolute Gasteiger partial charge is 0.340 e. The van der Waals surface area contributed by atoms with Crippen LogP contribution in [0.5, 0.6) is 0 Å². The number of hydrogen-bond donors (Lipinski definition) is 0. The van der Waals surface area contributed by atoms with Crippen molar-refractivity contribution in [3.05, 3.63) is 83.9 Å². The number of alkyl halides is 1. The van der Waals surface area contributed by atoms with Gasteiger partial charge in [-0.05, 0) is 86.1 Å². The summed E-state index contributed by atoms with van der Waals surface area (Å²) < 4.78 is 5.43. The van der Waals surface area contributed by atoms with Crippen LogP contribution in [-0.4, -0.2) is 14.5 Å². The molecule has 0 amide bonds. The Hall–Kier alpha value is -3.04. The van der Waals surface area contributed by atoms with Gasteiger partial charge >= 0.3 is 0 Å². The van der Waals surface area contributed by atoms with Crippen molar-refractivity contribution in [2.75, 3.05) is 5.33 Å². The minimum absolute atomic E-state index is 0.534. The van der Waals surface area contributed by atoms with Crippen LogP contribution in [0, 0.1) is 13.8 Å². The van der Waals surface area contributed by atoms with E-state index in [-0.39, 0.29) is 0 Å². The number of unbranched alkanes of at least 4 members (excludes halogenated alkanes) is 15. The molecule has 0 spiro atoms. The quantitative estimate of drug-likeness (QED) is 0.0427. The number of nitrogens with zero attached hydrogens (tertiary/aromatic N) is 2. The molecule has 0 atom stereocenters. The van der Waals surface area contributed by atoms with E-state index in [2.05, 4.69) is 126 Å². The van der Waals surface area contributed by atoms with Crippen LogP contribution < -0.4 is 0 Å². The highest BCUT2D eigenvalue weighted by atomic mass is 79.9. The molecule has 0 bridgehead atoms. The molecule has 0 saturated carbocycles. The number of aromatic nitrogens is 2. The predicted molar refractivity (Wildman–Crippen MR) is 244 cm³/mol. The molecule has 0 aliphatic heterocycles. The molecule has 3 heteroatoms. The van der Waals surface area contributed by atoms with E-state index in [0.29, 0.717) is 6.04 Å². The van der Waals surface area contributed by atoms with Crippen LogP contribution in [-0.2, 0) is 6.54 Å². The molecule has 6 rings (SSSR count). The van der Waals surface area contributed by atoms with Crippen LogP contribution in [0.2, 0.25) is 0 Å². The summed E-state index contributed by atoms with van der Waals surface area (Å²) in [7, 11) is 0. The predicted octanol–water partition coefficient (Wildman–Crippen LogP) is 17.0. The lowest BCUT2D eigenvalue weighted by molar-refractivity contribution is 0.410. The molecule has 0 aliphatic carbocycles. The fourth-order valence-electron chi connectivity index (χ4n) is 9.15. The van der Waals surface area contributed by atoms with Gasteiger partial charge in [0.05, 0.1) is 0 Å². The lowest BCUT2D eigenvalue weighted by atomic mass is 9.99. The first-order chi connectivity index (χ1) is 26.5. The van der Waals surface area contributed by atoms with Gasteiger partial charge in [0.2, 0.25) is 0 Å². The van der Waals surface area contributed by atoms with Crippen molar-refractivity contribution in [3.63, 3.8) is 0 Å². The van der Waals surface area contributed by atoms with Crippen LogP contribution >= 0.6 is 15.9 Å². The van der Waals surface area contributed by atoms with Crippen LogP contribution in [0.1, 0.15) is 159 Å². The molecule has 6 aromatic rings. The first kappa shape index (κ1) is 40.6. The Morgan fingerprint density at radius 2 is 0.852 bits per heavy atom. The molecule has 0 aliphatic rings. The Balaban J connectivity index is 1.36. The van der Waals surface area contributed by atoms with Gasteiger partial charge in [-0.15, -0.1) is 0 Å². The summed E-state index contributed by atoms with van der Waals surface area (Å²) >= 11 is 3.60. The highest BCUT2D eigenvalue weighted by molar-refractivity contribution is 9.09. The van der Waals surface area contributed by atoms with Gasteiger partial charge in [-0.2, -0.15) is 0 Å². The van der Waals surface area contributed by atoms with E-state index in [4.69, 9.17) is 0 Å². The molecule has 2 nitrogen and oxygen atoms in total. The summed E-state index contributed by atoms with van der Waals surface area (Å²) in [5, 5.41) is 6.72. The van der Waals surface area contributed by atoms with Crippen molar-refractivity contribution in [3.8, 4) is 11.1 Å². The molecule has 4 aromatic carbocycles. The zero-order valence-electron chi connectivity index (χ0n) is 34.3. The highest BCUT2D eigenvalue weighted by Gasteiger charge is 2.20. The number of aryl methyl sites for hydroxylation is 3. The number of halogens is 1. The monoisotopic (exact) mass is 788 g/mol. The molecule has 2 heterocycles. The second-order valence-electron chi connectivity index (χ2n) is 16.6. The zero-order chi connectivity index (χ0) is 37.7. The van der Waals surface area contributed by atoms with Gasteiger partial charge in [0.1, 0.15) is 0 Å². The minimum Gasteiger partial charge on any atom is -0.340 e. The molecule has 0 radical (unpaired) electrons. The maximum Gasteiger partial charge on any atom is 0.0500 e. The third-order valence-corrected chi connectivity index (χ3v) is 12.8. The van der Waals surface area contributed by atoms with Gasteiger partial charge in [-0.3, -0.25) is 0 Å². The number of hydrogen-bond acceptors (Lipinski definition) is 0. The summed E-state index contributed by atoms with van der Waals surface area (Å²) in [6, 6.07) is 29.4. The lowest BCUT2D eigenvalue weighted by Crippen LogP contribution is -2.09. The molecule has 2 aromatic heterocycles. The SMILES string of the molecule is CCCCCCCCC(CCCCCCCC)n1c2cc(C)ccc2c2ccc(-c3ccc4c5ccc(C)cc5n(CCCCCCCCBr)c4c3)cc21. The highest BCUT2D eigenvalue weighted by Crippen LogP contribution is 2.40. The second kappa shape index (κ2) is 20.8. The summed E-state index contributed by atoms with van der Waals surface area (Å²) in [4.78, 5) is 0. The third kappa shape index (κ3) is 10.0. The molecule has 290 valence electrons. The summed E-state index contributed by atoms with van der Waals surface area (Å²) in [6.45, 7) is 10.2. The average molecular weight is 790 g/mol. The van der Waals surface area contributed by atoms with E-state index >= 15 is 0 Å². The van der Waals surface area contributed by atoms with E-state index in [0.717, 1.165) is 11.9 Å². The molecule has 0 fully saturated rings. The van der Waals surface area contributed by atoms with Crippen molar-refractivity contribution >= 4 is 59.5 Å². The van der Waals surface area contributed by atoms with Crippen LogP contribution in [0.3, 0.4) is 0 Å². The van der Waals surface area contributed by atoms with E-state index in [1.165, 1.54) is 194 Å². The topological polar surface area (TPSA) is 9.86 Å². The van der Waals surface area contributed by atoms with Crippen molar-refractivity contribution in [1.29, 1.82) is 0 Å². The van der Waals surface area contributed by atoms with Crippen LogP contribution in [0.25, 0.3) is 54.7 Å². The Morgan fingerprint density at radius 1 is 0.444 bits per heavy atom. The number of rotatable bonds is 24. The second-order valence-corrected chi connectivity index (χ2v) is 17.4. The zero-order valence-corrected chi connectivity index (χ0v) is 35.9. The Kier molecular flexibility index (Phi) is 15.6. The van der Waals surface area contributed by atoms with Crippen molar-refractivity contribution in [2.24, 2.45) is 0 Å². The Labute approximate surface area is 336 Å². The molecule has 0 saturated heterocycles. The summed E-state index contributed by atoms with van der Waals surface area (Å²) in [6.07, 6.45) is 26.7. The fraction of sp³-hybridized carbons (Fsp3) is 0.529. The van der Waals surface area contributed by atoms with E-state index < -0.39 is 0 Å². The molecular formula is C51H69BrN2. The summed E-state index contributed by atoms with van der Waals surface area (Å²) in [5.41, 5.74) is 11.0. The Morgan fingerprint density at radius 3 is 1.41 bits per heavy atom. The molecule has 0 unspecified atom stereocenters. The van der Waals surface area contributed by atoms with E-state index in [1.54, 1.807) is 0 Å². The number of benzene rings is 4. The Bertz CT molecular complexity index is 2050. The summed E-state index contributed by atoms with van der Waals surface area (Å²) in [5.74, 6) is 0. The lowest BCUT2D eigenvalue weighted by Gasteiger charge is -2.22. The van der Waals surface area contributed by atoms with Crippen molar-refractivity contribution in [2.45, 2.75) is 169 Å². The maximum atomic E-state index is 3.60. The third-order valence-electron chi connectivity index (χ3n) is 12.2.